The fraction of sp³-hybridized carbons (Fsp3) is 0.688. The Kier molecular flexibility index (Phi) is 4.22. The van der Waals surface area contributed by atoms with Gasteiger partial charge in [-0.15, -0.1) is 0 Å². The molecule has 0 spiro atoms. The van der Waals surface area contributed by atoms with Crippen molar-refractivity contribution in [3.8, 4) is 6.07 Å². The number of hydrogen-bond acceptors (Lipinski definition) is 4. The van der Waals surface area contributed by atoms with Gasteiger partial charge in [0.25, 0.3) is 0 Å². The van der Waals surface area contributed by atoms with Gasteiger partial charge in [-0.25, -0.2) is 0 Å². The van der Waals surface area contributed by atoms with Crippen molar-refractivity contribution in [3.05, 3.63) is 23.7 Å². The molecule has 0 saturated heterocycles. The van der Waals surface area contributed by atoms with Crippen molar-refractivity contribution in [2.24, 2.45) is 11.3 Å². The van der Waals surface area contributed by atoms with Crippen LogP contribution in [0.1, 0.15) is 51.6 Å². The summed E-state index contributed by atoms with van der Waals surface area (Å²) in [5, 5.41) is 22.1. The Morgan fingerprint density at radius 3 is 2.75 bits per heavy atom. The second kappa shape index (κ2) is 5.59. The smallest absolute Gasteiger partial charge is 0.203 e. The quantitative estimate of drug-likeness (QED) is 0.887. The van der Waals surface area contributed by atoms with Crippen LogP contribution in [0.4, 0.5) is 0 Å². The topological polar surface area (TPSA) is 69.2 Å². The minimum Gasteiger partial charge on any atom is -0.449 e. The van der Waals surface area contributed by atoms with Gasteiger partial charge in [-0.05, 0) is 42.7 Å². The fourth-order valence-corrected chi connectivity index (χ4v) is 3.86. The van der Waals surface area contributed by atoms with Crippen LogP contribution in [0.15, 0.2) is 16.5 Å². The minimum atomic E-state index is -0.249. The van der Waals surface area contributed by atoms with Crippen molar-refractivity contribution < 1.29 is 9.52 Å². The molecule has 0 bridgehead atoms. The van der Waals surface area contributed by atoms with Gasteiger partial charge in [0.05, 0.1) is 13.2 Å². The highest BCUT2D eigenvalue weighted by Crippen LogP contribution is 2.43. The lowest BCUT2D eigenvalue weighted by Gasteiger charge is -2.47. The van der Waals surface area contributed by atoms with E-state index in [9.17, 15) is 5.11 Å². The Morgan fingerprint density at radius 1 is 1.45 bits per heavy atom. The summed E-state index contributed by atoms with van der Waals surface area (Å²) in [6.45, 7) is 7.44. The summed E-state index contributed by atoms with van der Waals surface area (Å²) >= 11 is 0. The average Bonchev–Trinajstić information content (AvgIpc) is 2.82. The van der Waals surface area contributed by atoms with Gasteiger partial charge < -0.3 is 14.8 Å². The van der Waals surface area contributed by atoms with Crippen LogP contribution in [-0.4, -0.2) is 17.3 Å². The maximum Gasteiger partial charge on any atom is 0.203 e. The molecule has 1 fully saturated rings. The lowest BCUT2D eigenvalue weighted by atomic mass is 9.64. The van der Waals surface area contributed by atoms with Crippen molar-refractivity contribution in [1.82, 2.24) is 5.32 Å². The van der Waals surface area contributed by atoms with Gasteiger partial charge >= 0.3 is 0 Å². The first kappa shape index (κ1) is 15.1. The van der Waals surface area contributed by atoms with E-state index in [4.69, 9.17) is 9.68 Å². The van der Waals surface area contributed by atoms with Crippen LogP contribution < -0.4 is 5.32 Å². The summed E-state index contributed by atoms with van der Waals surface area (Å²) in [5.74, 6) is 1.66. The van der Waals surface area contributed by atoms with Crippen molar-refractivity contribution in [3.63, 3.8) is 0 Å². The zero-order valence-electron chi connectivity index (χ0n) is 12.6. The van der Waals surface area contributed by atoms with E-state index in [1.807, 2.05) is 12.1 Å². The Balaban J connectivity index is 2.06. The number of nitrogens with one attached hydrogen (secondary N) is 1. The molecular weight excluding hydrogens is 252 g/mol. The Morgan fingerprint density at radius 2 is 2.20 bits per heavy atom. The third-order valence-electron chi connectivity index (χ3n) is 4.17. The molecule has 2 rings (SSSR count). The molecular formula is C16H24N2O2. The second-order valence-corrected chi connectivity index (χ2v) is 7.02. The van der Waals surface area contributed by atoms with E-state index in [0.29, 0.717) is 18.2 Å². The largest absolute Gasteiger partial charge is 0.449 e. The summed E-state index contributed by atoms with van der Waals surface area (Å²) in [7, 11) is 0. The number of rotatable bonds is 4. The molecule has 0 amide bonds. The van der Waals surface area contributed by atoms with Crippen molar-refractivity contribution in [2.45, 2.75) is 52.1 Å². The van der Waals surface area contributed by atoms with Crippen LogP contribution in [0.25, 0.3) is 0 Å². The van der Waals surface area contributed by atoms with E-state index in [0.717, 1.165) is 18.6 Å². The molecule has 2 N–H and O–H groups in total. The van der Waals surface area contributed by atoms with Gasteiger partial charge in [0.1, 0.15) is 11.8 Å². The van der Waals surface area contributed by atoms with Crippen LogP contribution in [0.2, 0.25) is 0 Å². The third-order valence-corrected chi connectivity index (χ3v) is 4.17. The van der Waals surface area contributed by atoms with E-state index < -0.39 is 0 Å². The molecule has 110 valence electrons. The zero-order valence-corrected chi connectivity index (χ0v) is 12.6. The maximum atomic E-state index is 9.88. The summed E-state index contributed by atoms with van der Waals surface area (Å²) < 4.78 is 5.39. The molecule has 4 heteroatoms. The number of hydrogen-bond donors (Lipinski definition) is 2. The van der Waals surface area contributed by atoms with Crippen LogP contribution >= 0.6 is 0 Å². The van der Waals surface area contributed by atoms with Gasteiger partial charge in [-0.1, -0.05) is 20.8 Å². The first-order chi connectivity index (χ1) is 9.38. The molecule has 0 aromatic carbocycles. The molecule has 20 heavy (non-hydrogen) atoms. The van der Waals surface area contributed by atoms with Gasteiger partial charge in [-0.3, -0.25) is 0 Å². The van der Waals surface area contributed by atoms with Gasteiger partial charge in [-0.2, -0.15) is 5.26 Å². The van der Waals surface area contributed by atoms with E-state index in [1.54, 1.807) is 6.07 Å². The molecule has 1 aromatic heterocycles. The number of aliphatic hydroxyl groups is 1. The van der Waals surface area contributed by atoms with Crippen molar-refractivity contribution in [2.75, 3.05) is 6.61 Å². The van der Waals surface area contributed by atoms with E-state index >= 15 is 0 Å². The van der Waals surface area contributed by atoms with Gasteiger partial charge in [0, 0.05) is 5.54 Å². The standard InChI is InChI=1S/C16H24N2O2/c1-12-6-15(2,3)10-16(7-12,11-19)18-9-14-5-4-13(8-17)20-14/h4-5,12,18-19H,6-7,9-11H2,1-3H3. The average molecular weight is 276 g/mol. The van der Waals surface area contributed by atoms with Crippen LogP contribution in [0.5, 0.6) is 0 Å². The highest BCUT2D eigenvalue weighted by Gasteiger charge is 2.42. The van der Waals surface area contributed by atoms with Crippen molar-refractivity contribution in [1.29, 1.82) is 5.26 Å². The molecule has 2 atom stereocenters. The normalized spacial score (nSPS) is 29.1. The second-order valence-electron chi connectivity index (χ2n) is 7.02. The minimum absolute atomic E-state index is 0.132. The molecule has 4 nitrogen and oxygen atoms in total. The summed E-state index contributed by atoms with van der Waals surface area (Å²) in [4.78, 5) is 0. The molecule has 1 aliphatic carbocycles. The highest BCUT2D eigenvalue weighted by molar-refractivity contribution is 5.19. The molecule has 2 unspecified atom stereocenters. The molecule has 1 aliphatic rings. The Bertz CT molecular complexity index is 501. The monoisotopic (exact) mass is 276 g/mol. The number of furan rings is 1. The first-order valence-corrected chi connectivity index (χ1v) is 7.23. The lowest BCUT2D eigenvalue weighted by Crippen LogP contribution is -2.54. The van der Waals surface area contributed by atoms with Crippen molar-refractivity contribution >= 4 is 0 Å². The molecule has 1 saturated carbocycles. The summed E-state index contributed by atoms with van der Waals surface area (Å²) in [5.41, 5.74) is -0.0187. The maximum absolute atomic E-state index is 9.88. The predicted molar refractivity (Wildman–Crippen MR) is 76.9 cm³/mol. The summed E-state index contributed by atoms with van der Waals surface area (Å²) in [6.07, 6.45) is 3.11. The number of aliphatic hydroxyl groups excluding tert-OH is 1. The van der Waals surface area contributed by atoms with Gasteiger partial charge in [0.15, 0.2) is 0 Å². The SMILES string of the molecule is CC1CC(C)(C)CC(CO)(NCc2ccc(C#N)o2)C1. The first-order valence-electron chi connectivity index (χ1n) is 7.23. The number of nitriles is 1. The van der Waals surface area contributed by atoms with Crippen LogP contribution in [-0.2, 0) is 6.54 Å². The molecule has 0 aliphatic heterocycles. The van der Waals surface area contributed by atoms with E-state index in [2.05, 4.69) is 26.1 Å². The van der Waals surface area contributed by atoms with E-state index in [-0.39, 0.29) is 17.6 Å². The Labute approximate surface area is 120 Å². The fourth-order valence-electron chi connectivity index (χ4n) is 3.86. The molecule has 0 radical (unpaired) electrons. The molecule has 1 heterocycles. The number of nitrogens with zero attached hydrogens (tertiary/aromatic N) is 1. The van der Waals surface area contributed by atoms with Gasteiger partial charge in [0.2, 0.25) is 5.76 Å². The molecule has 1 aromatic rings. The Hall–Kier alpha value is -1.31. The highest BCUT2D eigenvalue weighted by atomic mass is 16.3. The van der Waals surface area contributed by atoms with E-state index in [1.165, 1.54) is 6.42 Å². The van der Waals surface area contributed by atoms with Crippen LogP contribution in [0.3, 0.4) is 0 Å². The summed E-state index contributed by atoms with van der Waals surface area (Å²) in [6, 6.07) is 5.48. The lowest BCUT2D eigenvalue weighted by molar-refractivity contribution is 0.0341. The zero-order chi connectivity index (χ0) is 14.8. The third kappa shape index (κ3) is 3.41. The predicted octanol–water partition coefficient (Wildman–Crippen LogP) is 2.82. The van der Waals surface area contributed by atoms with Crippen LogP contribution in [0, 0.1) is 22.7 Å².